The zero-order valence-electron chi connectivity index (χ0n) is 11.4. The molecule has 2 heterocycles. The summed E-state index contributed by atoms with van der Waals surface area (Å²) in [6.45, 7) is 5.33. The van der Waals surface area contributed by atoms with Gasteiger partial charge in [-0.2, -0.15) is 0 Å². The lowest BCUT2D eigenvalue weighted by Crippen LogP contribution is -2.55. The van der Waals surface area contributed by atoms with Crippen molar-refractivity contribution in [2.75, 3.05) is 13.7 Å². The van der Waals surface area contributed by atoms with Gasteiger partial charge in [0.15, 0.2) is 0 Å². The second-order valence-corrected chi connectivity index (χ2v) is 5.74. The standard InChI is InChI=1S/C13H20N2O2S.ClH/c1-8-4-6-14-9(2)11(8)15-13(16)12-10(17-3)5-7-18-12;/h5,7-9,11,14H,4,6H2,1-3H3,(H,15,16);1H. The molecule has 0 aliphatic carbocycles. The van der Waals surface area contributed by atoms with E-state index in [9.17, 15) is 4.79 Å². The van der Waals surface area contributed by atoms with Crippen molar-refractivity contribution in [3.63, 3.8) is 0 Å². The molecule has 3 atom stereocenters. The minimum Gasteiger partial charge on any atom is -0.495 e. The van der Waals surface area contributed by atoms with Crippen molar-refractivity contribution in [3.05, 3.63) is 16.3 Å². The number of piperidine rings is 1. The molecule has 108 valence electrons. The van der Waals surface area contributed by atoms with Crippen LogP contribution in [0.25, 0.3) is 0 Å². The molecule has 4 nitrogen and oxygen atoms in total. The maximum Gasteiger partial charge on any atom is 0.265 e. The zero-order valence-corrected chi connectivity index (χ0v) is 13.1. The summed E-state index contributed by atoms with van der Waals surface area (Å²) in [4.78, 5) is 12.9. The van der Waals surface area contributed by atoms with Crippen molar-refractivity contribution < 1.29 is 9.53 Å². The van der Waals surface area contributed by atoms with Gasteiger partial charge in [-0.3, -0.25) is 4.79 Å². The van der Waals surface area contributed by atoms with E-state index in [1.165, 1.54) is 11.3 Å². The van der Waals surface area contributed by atoms with Crippen LogP contribution in [0.15, 0.2) is 11.4 Å². The monoisotopic (exact) mass is 304 g/mol. The summed E-state index contributed by atoms with van der Waals surface area (Å²) in [7, 11) is 1.59. The van der Waals surface area contributed by atoms with Gasteiger partial charge in [0.25, 0.3) is 5.91 Å². The molecule has 1 saturated heterocycles. The second kappa shape index (κ2) is 7.12. The van der Waals surface area contributed by atoms with Gasteiger partial charge in [0.1, 0.15) is 10.6 Å². The SMILES string of the molecule is COc1ccsc1C(=O)NC1C(C)CCNC1C.Cl. The zero-order chi connectivity index (χ0) is 13.1. The molecule has 0 radical (unpaired) electrons. The Morgan fingerprint density at radius 3 is 2.89 bits per heavy atom. The van der Waals surface area contributed by atoms with Crippen LogP contribution in [0.1, 0.15) is 29.9 Å². The third-order valence-corrected chi connectivity index (χ3v) is 4.47. The van der Waals surface area contributed by atoms with E-state index in [1.807, 2.05) is 11.4 Å². The van der Waals surface area contributed by atoms with Gasteiger partial charge in [0.05, 0.1) is 7.11 Å². The molecule has 1 aromatic heterocycles. The Bertz CT molecular complexity index is 415. The molecule has 19 heavy (non-hydrogen) atoms. The maximum atomic E-state index is 12.2. The Hall–Kier alpha value is -0.780. The molecule has 1 aliphatic heterocycles. The molecule has 1 aromatic rings. The highest BCUT2D eigenvalue weighted by atomic mass is 35.5. The van der Waals surface area contributed by atoms with E-state index in [2.05, 4.69) is 24.5 Å². The van der Waals surface area contributed by atoms with Crippen molar-refractivity contribution in [1.82, 2.24) is 10.6 Å². The predicted octanol–water partition coefficient (Wildman–Crippen LogP) is 2.29. The third-order valence-electron chi connectivity index (χ3n) is 3.57. The number of carbonyl (C=O) groups excluding carboxylic acids is 1. The highest BCUT2D eigenvalue weighted by molar-refractivity contribution is 7.12. The fraction of sp³-hybridized carbons (Fsp3) is 0.615. The molecule has 0 aromatic carbocycles. The Labute approximate surface area is 124 Å². The summed E-state index contributed by atoms with van der Waals surface area (Å²) in [6.07, 6.45) is 1.09. The molecule has 0 spiro atoms. The highest BCUT2D eigenvalue weighted by Gasteiger charge is 2.29. The number of carbonyl (C=O) groups is 1. The summed E-state index contributed by atoms with van der Waals surface area (Å²) >= 11 is 1.42. The average Bonchev–Trinajstić information content (AvgIpc) is 2.82. The summed E-state index contributed by atoms with van der Waals surface area (Å²) in [5, 5.41) is 8.40. The van der Waals surface area contributed by atoms with E-state index >= 15 is 0 Å². The first-order valence-electron chi connectivity index (χ1n) is 6.29. The van der Waals surface area contributed by atoms with E-state index in [0.717, 1.165) is 13.0 Å². The summed E-state index contributed by atoms with van der Waals surface area (Å²) in [5.41, 5.74) is 0. The van der Waals surface area contributed by atoms with Crippen LogP contribution in [0.2, 0.25) is 0 Å². The normalized spacial score (nSPS) is 26.4. The minimum atomic E-state index is -0.0331. The molecule has 6 heteroatoms. The molecule has 1 fully saturated rings. The van der Waals surface area contributed by atoms with Crippen molar-refractivity contribution >= 4 is 29.7 Å². The molecule has 1 amide bonds. The van der Waals surface area contributed by atoms with Gasteiger partial charge in [0.2, 0.25) is 0 Å². The van der Waals surface area contributed by atoms with Crippen molar-refractivity contribution in [2.45, 2.75) is 32.4 Å². The van der Waals surface area contributed by atoms with Crippen LogP contribution in [-0.4, -0.2) is 31.6 Å². The van der Waals surface area contributed by atoms with Crippen LogP contribution in [0.5, 0.6) is 5.75 Å². The molecule has 3 unspecified atom stereocenters. The molecule has 0 saturated carbocycles. The Morgan fingerprint density at radius 1 is 1.53 bits per heavy atom. The number of thiophene rings is 1. The lowest BCUT2D eigenvalue weighted by molar-refractivity contribution is 0.0899. The molecule has 2 rings (SSSR count). The molecule has 1 aliphatic rings. The maximum absolute atomic E-state index is 12.2. The molecule has 0 bridgehead atoms. The van der Waals surface area contributed by atoms with Gasteiger partial charge in [-0.1, -0.05) is 6.92 Å². The van der Waals surface area contributed by atoms with Crippen LogP contribution < -0.4 is 15.4 Å². The van der Waals surface area contributed by atoms with E-state index in [1.54, 1.807) is 7.11 Å². The minimum absolute atomic E-state index is 0. The Kier molecular flexibility index (Phi) is 6.10. The largest absolute Gasteiger partial charge is 0.495 e. The third kappa shape index (κ3) is 3.61. The van der Waals surface area contributed by atoms with Crippen LogP contribution in [0, 0.1) is 5.92 Å². The number of nitrogens with one attached hydrogen (secondary N) is 2. The van der Waals surface area contributed by atoms with E-state index in [0.29, 0.717) is 22.6 Å². The second-order valence-electron chi connectivity index (χ2n) is 4.83. The summed E-state index contributed by atoms with van der Waals surface area (Å²) < 4.78 is 5.18. The van der Waals surface area contributed by atoms with Crippen LogP contribution in [0.3, 0.4) is 0 Å². The quantitative estimate of drug-likeness (QED) is 0.901. The number of hydrogen-bond acceptors (Lipinski definition) is 4. The van der Waals surface area contributed by atoms with Gasteiger partial charge in [-0.15, -0.1) is 23.7 Å². The number of ether oxygens (including phenoxy) is 1. The highest BCUT2D eigenvalue weighted by Crippen LogP contribution is 2.25. The fourth-order valence-corrected chi connectivity index (χ4v) is 3.21. The number of amides is 1. The van der Waals surface area contributed by atoms with Crippen LogP contribution in [-0.2, 0) is 0 Å². The van der Waals surface area contributed by atoms with Crippen LogP contribution in [0.4, 0.5) is 0 Å². The number of rotatable bonds is 3. The summed E-state index contributed by atoms with van der Waals surface area (Å²) in [5.74, 6) is 1.12. The number of hydrogen-bond donors (Lipinski definition) is 2. The van der Waals surface area contributed by atoms with Gasteiger partial charge in [-0.25, -0.2) is 0 Å². The van der Waals surface area contributed by atoms with Crippen molar-refractivity contribution in [1.29, 1.82) is 0 Å². The number of methoxy groups -OCH3 is 1. The van der Waals surface area contributed by atoms with Crippen LogP contribution >= 0.6 is 23.7 Å². The lowest BCUT2D eigenvalue weighted by Gasteiger charge is -2.35. The smallest absolute Gasteiger partial charge is 0.265 e. The molecule has 2 N–H and O–H groups in total. The molecular formula is C13H21ClN2O2S. The topological polar surface area (TPSA) is 50.4 Å². The van der Waals surface area contributed by atoms with Crippen molar-refractivity contribution in [3.8, 4) is 5.75 Å². The lowest BCUT2D eigenvalue weighted by atomic mass is 9.89. The fourth-order valence-electron chi connectivity index (χ4n) is 2.45. The number of halogens is 1. The first-order valence-corrected chi connectivity index (χ1v) is 7.17. The van der Waals surface area contributed by atoms with Crippen molar-refractivity contribution in [2.24, 2.45) is 5.92 Å². The first kappa shape index (κ1) is 16.3. The van der Waals surface area contributed by atoms with E-state index < -0.39 is 0 Å². The Balaban J connectivity index is 0.00000180. The van der Waals surface area contributed by atoms with Gasteiger partial charge in [-0.05, 0) is 37.3 Å². The van der Waals surface area contributed by atoms with Gasteiger partial charge >= 0.3 is 0 Å². The van der Waals surface area contributed by atoms with Gasteiger partial charge < -0.3 is 15.4 Å². The van der Waals surface area contributed by atoms with Gasteiger partial charge in [0, 0.05) is 12.1 Å². The first-order chi connectivity index (χ1) is 8.63. The van der Waals surface area contributed by atoms with E-state index in [-0.39, 0.29) is 24.4 Å². The Morgan fingerprint density at radius 2 is 2.26 bits per heavy atom. The predicted molar refractivity (Wildman–Crippen MR) is 80.6 cm³/mol. The molecular weight excluding hydrogens is 284 g/mol. The average molecular weight is 305 g/mol. The summed E-state index contributed by atoms with van der Waals surface area (Å²) in [6, 6.07) is 2.31. The van der Waals surface area contributed by atoms with E-state index in [4.69, 9.17) is 4.74 Å².